The summed E-state index contributed by atoms with van der Waals surface area (Å²) in [6.07, 6.45) is 2.58. The molecule has 2 fully saturated rings. The lowest BCUT2D eigenvalue weighted by Crippen LogP contribution is -2.58. The number of amides is 1. The van der Waals surface area contributed by atoms with Gasteiger partial charge in [0, 0.05) is 32.4 Å². The van der Waals surface area contributed by atoms with Crippen molar-refractivity contribution in [2.75, 3.05) is 25.5 Å². The highest BCUT2D eigenvalue weighted by atomic mass is 19.4. The molecule has 1 saturated heterocycles. The van der Waals surface area contributed by atoms with Gasteiger partial charge in [0.1, 0.15) is 0 Å². The number of carbonyl (C=O) groups excluding carboxylic acids is 1. The molecule has 1 atom stereocenters. The van der Waals surface area contributed by atoms with Gasteiger partial charge in [0.2, 0.25) is 0 Å². The molecule has 200 valence electrons. The first-order chi connectivity index (χ1) is 17.3. The maximum absolute atomic E-state index is 13.7. The van der Waals surface area contributed by atoms with Crippen molar-refractivity contribution in [3.8, 4) is 0 Å². The van der Waals surface area contributed by atoms with Crippen molar-refractivity contribution in [2.45, 2.75) is 58.5 Å². The van der Waals surface area contributed by atoms with E-state index in [1.807, 2.05) is 0 Å². The summed E-state index contributed by atoms with van der Waals surface area (Å²) in [6, 6.07) is 1.88. The fourth-order valence-corrected chi connectivity index (χ4v) is 5.01. The van der Waals surface area contributed by atoms with Crippen LogP contribution in [0.3, 0.4) is 0 Å². The number of nitrogens with one attached hydrogen (secondary N) is 2. The molecule has 0 bridgehead atoms. The van der Waals surface area contributed by atoms with Crippen LogP contribution in [0, 0.1) is 5.41 Å². The number of carbonyl (C=O) groups is 2. The van der Waals surface area contributed by atoms with Crippen LogP contribution >= 0.6 is 0 Å². The molecule has 3 N–H and O–H groups in total. The van der Waals surface area contributed by atoms with Gasteiger partial charge in [-0.2, -0.15) is 13.2 Å². The van der Waals surface area contributed by atoms with Gasteiger partial charge in [0.25, 0.3) is 5.91 Å². The Hall–Kier alpha value is -3.27. The number of halogens is 3. The number of alkyl halides is 3. The predicted molar refractivity (Wildman–Crippen MR) is 135 cm³/mol. The molecule has 0 radical (unpaired) electrons. The number of piperidine rings is 1. The molecule has 10 heteroatoms. The Morgan fingerprint density at radius 3 is 2.46 bits per heavy atom. The first kappa shape index (κ1) is 26.8. The number of allylic oxidation sites excluding steroid dienone is 3. The number of anilines is 1. The van der Waals surface area contributed by atoms with Crippen LogP contribution in [-0.2, 0) is 17.5 Å². The Balaban J connectivity index is 1.64. The normalized spacial score (nSPS) is 21.9. The van der Waals surface area contributed by atoms with Crippen molar-refractivity contribution in [1.82, 2.24) is 15.1 Å². The topological polar surface area (TPSA) is 84.9 Å². The van der Waals surface area contributed by atoms with Crippen molar-refractivity contribution in [3.05, 3.63) is 64.4 Å². The van der Waals surface area contributed by atoms with E-state index in [4.69, 9.17) is 0 Å². The van der Waals surface area contributed by atoms with Gasteiger partial charge in [-0.05, 0) is 68.7 Å². The summed E-state index contributed by atoms with van der Waals surface area (Å²) in [6.45, 7) is 8.73. The lowest BCUT2D eigenvalue weighted by atomic mass is 9.93. The number of carboxylic acids is 1. The van der Waals surface area contributed by atoms with Gasteiger partial charge in [-0.3, -0.25) is 9.69 Å². The van der Waals surface area contributed by atoms with E-state index in [2.05, 4.69) is 22.1 Å². The number of carboxylic acid groups (broad SMARTS) is 1. The molecule has 2 aliphatic heterocycles. The lowest BCUT2D eigenvalue weighted by Gasteiger charge is -2.45. The SMILES string of the molecule is C=C(NCc1cc(C(F)(F)F)cc2c1NC(N1CCC3(CC1)CC3)N(C)C2=O)/C(=C\C(C)=C/C)C(=O)O. The second-order valence-corrected chi connectivity index (χ2v) is 10.3. The first-order valence-electron chi connectivity index (χ1n) is 12.4. The molecule has 0 aromatic heterocycles. The van der Waals surface area contributed by atoms with E-state index < -0.39 is 29.9 Å². The molecule has 1 amide bonds. The van der Waals surface area contributed by atoms with Crippen molar-refractivity contribution < 1.29 is 27.9 Å². The minimum absolute atomic E-state index is 0.0569. The summed E-state index contributed by atoms with van der Waals surface area (Å²) in [5.41, 5.74) is 0.614. The fraction of sp³-hybridized carbons (Fsp3) is 0.481. The molecule has 1 spiro atoms. The van der Waals surface area contributed by atoms with Crippen LogP contribution in [0.15, 0.2) is 47.7 Å². The maximum Gasteiger partial charge on any atom is 0.416 e. The molecular formula is C27H33F3N4O3. The predicted octanol–water partition coefficient (Wildman–Crippen LogP) is 4.94. The first-order valence-corrected chi connectivity index (χ1v) is 12.4. The van der Waals surface area contributed by atoms with E-state index >= 15 is 0 Å². The molecule has 1 aromatic carbocycles. The van der Waals surface area contributed by atoms with E-state index in [1.165, 1.54) is 23.8 Å². The van der Waals surface area contributed by atoms with Gasteiger partial charge in [0.05, 0.1) is 22.4 Å². The molecule has 2 heterocycles. The van der Waals surface area contributed by atoms with Gasteiger partial charge >= 0.3 is 12.1 Å². The third-order valence-electron chi connectivity index (χ3n) is 7.78. The fourth-order valence-electron chi connectivity index (χ4n) is 5.01. The highest BCUT2D eigenvalue weighted by molar-refractivity contribution is 6.02. The highest BCUT2D eigenvalue weighted by Crippen LogP contribution is 2.54. The van der Waals surface area contributed by atoms with Crippen LogP contribution in [0.5, 0.6) is 0 Å². The van der Waals surface area contributed by atoms with Crippen LogP contribution in [-0.4, -0.2) is 53.2 Å². The maximum atomic E-state index is 13.7. The van der Waals surface area contributed by atoms with E-state index in [-0.39, 0.29) is 28.9 Å². The molecule has 37 heavy (non-hydrogen) atoms. The van der Waals surface area contributed by atoms with Crippen LogP contribution in [0.2, 0.25) is 0 Å². The van der Waals surface area contributed by atoms with Crippen molar-refractivity contribution in [3.63, 3.8) is 0 Å². The summed E-state index contributed by atoms with van der Waals surface area (Å²) in [4.78, 5) is 28.7. The summed E-state index contributed by atoms with van der Waals surface area (Å²) in [5.74, 6) is -1.70. The van der Waals surface area contributed by atoms with Crippen molar-refractivity contribution in [1.29, 1.82) is 0 Å². The van der Waals surface area contributed by atoms with E-state index in [0.717, 1.165) is 38.1 Å². The molecule has 3 aliphatic rings. The quantitative estimate of drug-likeness (QED) is 0.350. The second kappa shape index (κ2) is 9.89. The summed E-state index contributed by atoms with van der Waals surface area (Å²) >= 11 is 0. The summed E-state index contributed by atoms with van der Waals surface area (Å²) in [7, 11) is 1.60. The number of rotatable bonds is 7. The average molecular weight is 519 g/mol. The van der Waals surface area contributed by atoms with Crippen LogP contribution in [0.4, 0.5) is 18.9 Å². The Bertz CT molecular complexity index is 1170. The number of nitrogens with zero attached hydrogens (tertiary/aromatic N) is 2. The van der Waals surface area contributed by atoms with E-state index in [1.54, 1.807) is 27.0 Å². The van der Waals surface area contributed by atoms with Gasteiger partial charge in [-0.25, -0.2) is 4.79 Å². The third-order valence-corrected chi connectivity index (χ3v) is 7.78. The van der Waals surface area contributed by atoms with Crippen LogP contribution in [0.1, 0.15) is 61.0 Å². The molecule has 1 aromatic rings. The van der Waals surface area contributed by atoms with E-state index in [0.29, 0.717) is 16.7 Å². The summed E-state index contributed by atoms with van der Waals surface area (Å²) in [5, 5.41) is 15.8. The number of hydrogen-bond donors (Lipinski definition) is 3. The largest absolute Gasteiger partial charge is 0.478 e. The Morgan fingerprint density at radius 2 is 1.92 bits per heavy atom. The standard InChI is InChI=1S/C27H33F3N4O3/c1-5-16(2)12-20(24(36)37)17(3)31-15-18-13-19(27(28,29)30)14-21-22(18)32-25(33(4)23(21)35)34-10-8-26(6-7-26)9-11-34/h5,12-14,25,31-32H,3,6-11,15H2,1-2,4H3,(H,36,37)/b16-5-,20-12+. The number of benzene rings is 1. The summed E-state index contributed by atoms with van der Waals surface area (Å²) < 4.78 is 41.2. The average Bonchev–Trinajstić information content (AvgIpc) is 3.61. The second-order valence-electron chi connectivity index (χ2n) is 10.3. The smallest absolute Gasteiger partial charge is 0.416 e. The monoisotopic (exact) mass is 518 g/mol. The molecule has 1 unspecified atom stereocenters. The number of hydrogen-bond acceptors (Lipinski definition) is 5. The zero-order valence-electron chi connectivity index (χ0n) is 21.3. The Kier molecular flexibility index (Phi) is 7.16. The molecule has 1 aliphatic carbocycles. The zero-order chi connectivity index (χ0) is 27.1. The van der Waals surface area contributed by atoms with E-state index in [9.17, 15) is 27.9 Å². The van der Waals surface area contributed by atoms with Gasteiger partial charge < -0.3 is 20.6 Å². The molecule has 4 rings (SSSR count). The third kappa shape index (κ3) is 5.53. The molecule has 1 saturated carbocycles. The Morgan fingerprint density at radius 1 is 1.27 bits per heavy atom. The number of likely N-dealkylation sites (tertiary alicyclic amines) is 1. The lowest BCUT2D eigenvalue weighted by molar-refractivity contribution is -0.137. The highest BCUT2D eigenvalue weighted by Gasteiger charge is 2.47. The zero-order valence-corrected chi connectivity index (χ0v) is 21.3. The minimum Gasteiger partial charge on any atom is -0.478 e. The van der Waals surface area contributed by atoms with Crippen molar-refractivity contribution >= 4 is 17.6 Å². The van der Waals surface area contributed by atoms with Crippen LogP contribution < -0.4 is 10.6 Å². The number of fused-ring (bicyclic) bond motifs is 1. The minimum atomic E-state index is -4.66. The molecule has 7 nitrogen and oxygen atoms in total. The van der Waals surface area contributed by atoms with Gasteiger partial charge in [-0.15, -0.1) is 0 Å². The van der Waals surface area contributed by atoms with Gasteiger partial charge in [0.15, 0.2) is 6.29 Å². The van der Waals surface area contributed by atoms with Crippen molar-refractivity contribution in [2.24, 2.45) is 5.41 Å². The Labute approximate surface area is 214 Å². The number of aliphatic carboxylic acids is 1. The molecular weight excluding hydrogens is 485 g/mol. The van der Waals surface area contributed by atoms with Gasteiger partial charge in [-0.1, -0.05) is 18.2 Å². The van der Waals surface area contributed by atoms with Crippen LogP contribution in [0.25, 0.3) is 0 Å².